The SMILES string of the molecule is O=C(NCC#Cc1ccccc1C(F)(F)F)c1cccnc1. The zero-order valence-corrected chi connectivity index (χ0v) is 11.3. The van der Waals surface area contributed by atoms with E-state index in [1.165, 1.54) is 30.6 Å². The normalized spacial score (nSPS) is 10.5. The van der Waals surface area contributed by atoms with E-state index in [9.17, 15) is 18.0 Å². The number of halogens is 3. The average molecular weight is 304 g/mol. The van der Waals surface area contributed by atoms with E-state index in [1.807, 2.05) is 0 Å². The Bertz CT molecular complexity index is 715. The van der Waals surface area contributed by atoms with Crippen LogP contribution in [0.2, 0.25) is 0 Å². The number of alkyl halides is 3. The standard InChI is InChI=1S/C16H11F3N2O/c17-16(18,19)14-8-2-1-5-12(14)6-4-10-21-15(22)13-7-3-9-20-11-13/h1-3,5,7-9,11H,10H2,(H,21,22). The van der Waals surface area contributed by atoms with Gasteiger partial charge in [-0.25, -0.2) is 0 Å². The van der Waals surface area contributed by atoms with Crippen LogP contribution in [0.1, 0.15) is 21.5 Å². The molecule has 1 amide bonds. The lowest BCUT2D eigenvalue weighted by atomic mass is 10.1. The summed E-state index contributed by atoms with van der Waals surface area (Å²) in [6.07, 6.45) is -1.53. The van der Waals surface area contributed by atoms with Crippen molar-refractivity contribution in [2.24, 2.45) is 0 Å². The van der Waals surface area contributed by atoms with E-state index < -0.39 is 11.7 Å². The van der Waals surface area contributed by atoms with Crippen LogP contribution >= 0.6 is 0 Å². The molecule has 2 aromatic rings. The maximum atomic E-state index is 12.8. The van der Waals surface area contributed by atoms with Gasteiger partial charge in [-0.05, 0) is 24.3 Å². The molecule has 112 valence electrons. The first kappa shape index (κ1) is 15.6. The summed E-state index contributed by atoms with van der Waals surface area (Å²) in [5, 5.41) is 2.49. The molecule has 0 saturated heterocycles. The second-order valence-electron chi connectivity index (χ2n) is 4.27. The molecule has 1 N–H and O–H groups in total. The van der Waals surface area contributed by atoms with Gasteiger partial charge in [0.05, 0.1) is 17.7 Å². The van der Waals surface area contributed by atoms with E-state index in [4.69, 9.17) is 0 Å². The molecular formula is C16H11F3N2O. The molecule has 0 fully saturated rings. The van der Waals surface area contributed by atoms with Crippen molar-refractivity contribution < 1.29 is 18.0 Å². The minimum Gasteiger partial charge on any atom is -0.341 e. The summed E-state index contributed by atoms with van der Waals surface area (Å²) in [6, 6.07) is 8.23. The third kappa shape index (κ3) is 4.09. The number of carbonyl (C=O) groups is 1. The first-order valence-electron chi connectivity index (χ1n) is 6.32. The van der Waals surface area contributed by atoms with Crippen molar-refractivity contribution in [1.82, 2.24) is 10.3 Å². The van der Waals surface area contributed by atoms with Crippen LogP contribution in [0.4, 0.5) is 13.2 Å². The molecule has 6 heteroatoms. The number of rotatable bonds is 2. The Morgan fingerprint density at radius 2 is 1.95 bits per heavy atom. The summed E-state index contributed by atoms with van der Waals surface area (Å²) in [5.41, 5.74) is -0.549. The van der Waals surface area contributed by atoms with Gasteiger partial charge in [0.25, 0.3) is 5.91 Å². The fourth-order valence-electron chi connectivity index (χ4n) is 1.70. The molecule has 1 aromatic carbocycles. The van der Waals surface area contributed by atoms with Gasteiger partial charge in [-0.2, -0.15) is 13.2 Å². The van der Waals surface area contributed by atoms with Crippen LogP contribution in [0.25, 0.3) is 0 Å². The highest BCUT2D eigenvalue weighted by Crippen LogP contribution is 2.31. The minimum atomic E-state index is -4.45. The molecule has 0 saturated carbocycles. The molecule has 3 nitrogen and oxygen atoms in total. The van der Waals surface area contributed by atoms with Crippen LogP contribution in [0.15, 0.2) is 48.8 Å². The number of carbonyl (C=O) groups excluding carboxylic acids is 1. The highest BCUT2D eigenvalue weighted by atomic mass is 19.4. The van der Waals surface area contributed by atoms with E-state index in [0.29, 0.717) is 5.56 Å². The van der Waals surface area contributed by atoms with Crippen molar-refractivity contribution in [3.63, 3.8) is 0 Å². The van der Waals surface area contributed by atoms with Gasteiger partial charge in [-0.1, -0.05) is 24.0 Å². The predicted molar refractivity (Wildman–Crippen MR) is 74.9 cm³/mol. The van der Waals surface area contributed by atoms with Crippen LogP contribution in [0.5, 0.6) is 0 Å². The maximum absolute atomic E-state index is 12.8. The minimum absolute atomic E-state index is 0.0556. The molecule has 1 heterocycles. The number of amides is 1. The first-order chi connectivity index (χ1) is 10.5. The van der Waals surface area contributed by atoms with Crippen LogP contribution in [0, 0.1) is 11.8 Å². The number of pyridine rings is 1. The number of nitrogens with one attached hydrogen (secondary N) is 1. The van der Waals surface area contributed by atoms with Crippen molar-refractivity contribution in [2.75, 3.05) is 6.54 Å². The second kappa shape index (κ2) is 6.76. The first-order valence-corrected chi connectivity index (χ1v) is 6.32. The summed E-state index contributed by atoms with van der Waals surface area (Å²) in [4.78, 5) is 15.5. The molecule has 2 rings (SSSR count). The lowest BCUT2D eigenvalue weighted by Crippen LogP contribution is -2.23. The Labute approximate surface area is 125 Å². The van der Waals surface area contributed by atoms with E-state index in [1.54, 1.807) is 12.1 Å². The summed E-state index contributed by atoms with van der Waals surface area (Å²) in [7, 11) is 0. The van der Waals surface area contributed by atoms with Crippen LogP contribution in [0.3, 0.4) is 0 Å². The number of hydrogen-bond donors (Lipinski definition) is 1. The largest absolute Gasteiger partial charge is 0.417 e. The lowest BCUT2D eigenvalue weighted by molar-refractivity contribution is -0.137. The smallest absolute Gasteiger partial charge is 0.341 e. The Balaban J connectivity index is 2.02. The van der Waals surface area contributed by atoms with E-state index in [0.717, 1.165) is 6.07 Å². The number of aromatic nitrogens is 1. The molecule has 0 bridgehead atoms. The number of nitrogens with zero attached hydrogens (tertiary/aromatic N) is 1. The molecule has 1 aromatic heterocycles. The van der Waals surface area contributed by atoms with Gasteiger partial charge in [0, 0.05) is 18.0 Å². The molecule has 0 radical (unpaired) electrons. The number of hydrogen-bond acceptors (Lipinski definition) is 2. The summed E-state index contributed by atoms with van der Waals surface area (Å²) >= 11 is 0. The molecular weight excluding hydrogens is 293 g/mol. The van der Waals surface area contributed by atoms with Crippen LogP contribution in [-0.2, 0) is 6.18 Å². The van der Waals surface area contributed by atoms with E-state index in [-0.39, 0.29) is 18.0 Å². The quantitative estimate of drug-likeness (QED) is 0.867. The molecule has 22 heavy (non-hydrogen) atoms. The Morgan fingerprint density at radius 1 is 1.18 bits per heavy atom. The van der Waals surface area contributed by atoms with Gasteiger partial charge in [0.2, 0.25) is 0 Å². The van der Waals surface area contributed by atoms with Gasteiger partial charge in [-0.3, -0.25) is 9.78 Å². The predicted octanol–water partition coefficient (Wildman–Crippen LogP) is 2.88. The number of benzene rings is 1. The van der Waals surface area contributed by atoms with E-state index >= 15 is 0 Å². The molecule has 0 atom stereocenters. The van der Waals surface area contributed by atoms with Gasteiger partial charge >= 0.3 is 6.18 Å². The van der Waals surface area contributed by atoms with E-state index in [2.05, 4.69) is 22.1 Å². The maximum Gasteiger partial charge on any atom is 0.417 e. The average Bonchev–Trinajstić information content (AvgIpc) is 2.51. The van der Waals surface area contributed by atoms with Crippen LogP contribution < -0.4 is 5.32 Å². The second-order valence-corrected chi connectivity index (χ2v) is 4.27. The molecule has 0 unspecified atom stereocenters. The summed E-state index contributed by atoms with van der Waals surface area (Å²) in [5.74, 6) is 4.56. The van der Waals surface area contributed by atoms with Crippen molar-refractivity contribution in [1.29, 1.82) is 0 Å². The highest BCUT2D eigenvalue weighted by molar-refractivity contribution is 5.93. The lowest BCUT2D eigenvalue weighted by Gasteiger charge is -2.08. The van der Waals surface area contributed by atoms with Gasteiger partial charge < -0.3 is 5.32 Å². The zero-order chi connectivity index (χ0) is 16.0. The monoisotopic (exact) mass is 304 g/mol. The van der Waals surface area contributed by atoms with Crippen LogP contribution in [-0.4, -0.2) is 17.4 Å². The van der Waals surface area contributed by atoms with Gasteiger partial charge in [0.1, 0.15) is 0 Å². The third-order valence-corrected chi connectivity index (χ3v) is 2.72. The Morgan fingerprint density at radius 3 is 2.64 bits per heavy atom. The molecule has 0 spiro atoms. The van der Waals surface area contributed by atoms with Crippen molar-refractivity contribution in [2.45, 2.75) is 6.18 Å². The molecule has 0 aliphatic rings. The van der Waals surface area contributed by atoms with Crippen molar-refractivity contribution in [3.05, 3.63) is 65.5 Å². The van der Waals surface area contributed by atoms with Gasteiger partial charge in [0.15, 0.2) is 0 Å². The fourth-order valence-corrected chi connectivity index (χ4v) is 1.70. The third-order valence-electron chi connectivity index (χ3n) is 2.72. The van der Waals surface area contributed by atoms with Crippen molar-refractivity contribution >= 4 is 5.91 Å². The molecule has 0 aliphatic heterocycles. The van der Waals surface area contributed by atoms with Crippen molar-refractivity contribution in [3.8, 4) is 11.8 Å². The zero-order valence-electron chi connectivity index (χ0n) is 11.3. The summed E-state index contributed by atoms with van der Waals surface area (Å²) in [6.45, 7) is -0.0556. The Kier molecular flexibility index (Phi) is 4.79. The van der Waals surface area contributed by atoms with Gasteiger partial charge in [-0.15, -0.1) is 0 Å². The molecule has 0 aliphatic carbocycles. The highest BCUT2D eigenvalue weighted by Gasteiger charge is 2.32. The topological polar surface area (TPSA) is 42.0 Å². The Hall–Kier alpha value is -2.81. The summed E-state index contributed by atoms with van der Waals surface area (Å²) < 4.78 is 38.3. The fraction of sp³-hybridized carbons (Fsp3) is 0.125.